The Morgan fingerprint density at radius 3 is 2.95 bits per heavy atom. The number of nitrogens with zero attached hydrogens (tertiary/aromatic N) is 2. The molecule has 2 nitrogen and oxygen atoms in total. The van der Waals surface area contributed by atoms with Crippen LogP contribution in [-0.2, 0) is 0 Å². The summed E-state index contributed by atoms with van der Waals surface area (Å²) >= 11 is 2.03. The molecule has 2 atom stereocenters. The van der Waals surface area contributed by atoms with Crippen molar-refractivity contribution in [3.8, 4) is 0 Å². The maximum absolute atomic E-state index is 2.68. The fraction of sp³-hybridized carbons (Fsp3) is 0.625. The van der Waals surface area contributed by atoms with Gasteiger partial charge in [0.2, 0.25) is 0 Å². The van der Waals surface area contributed by atoms with Crippen LogP contribution in [-0.4, -0.2) is 54.8 Å². The van der Waals surface area contributed by atoms with Crippen LogP contribution in [0.2, 0.25) is 0 Å². The highest BCUT2D eigenvalue weighted by molar-refractivity contribution is 7.99. The van der Waals surface area contributed by atoms with Gasteiger partial charge in [0.25, 0.3) is 0 Å². The van der Waals surface area contributed by atoms with Crippen LogP contribution in [0.15, 0.2) is 29.2 Å². The number of benzene rings is 1. The molecule has 1 fully saturated rings. The Labute approximate surface area is 121 Å². The molecule has 0 N–H and O–H groups in total. The van der Waals surface area contributed by atoms with Gasteiger partial charge in [-0.25, -0.2) is 0 Å². The maximum Gasteiger partial charge on any atom is 0.0218 e. The smallest absolute Gasteiger partial charge is 0.0218 e. The summed E-state index contributed by atoms with van der Waals surface area (Å²) in [7, 11) is 2.27. The summed E-state index contributed by atoms with van der Waals surface area (Å²) in [5.74, 6) is 2.00. The lowest BCUT2D eigenvalue weighted by atomic mass is 9.99. The average Bonchev–Trinajstić information content (AvgIpc) is 2.84. The van der Waals surface area contributed by atoms with E-state index in [9.17, 15) is 0 Å². The zero-order valence-electron chi connectivity index (χ0n) is 12.0. The van der Waals surface area contributed by atoms with Crippen LogP contribution in [0.3, 0.4) is 0 Å². The second kappa shape index (κ2) is 5.86. The molecule has 0 aromatic heterocycles. The molecular formula is C16H24N2S. The van der Waals surface area contributed by atoms with E-state index in [2.05, 4.69) is 48.0 Å². The molecule has 2 heterocycles. The molecule has 2 aliphatic rings. The minimum absolute atomic E-state index is 0.738. The largest absolute Gasteiger partial charge is 0.301 e. The molecule has 2 unspecified atom stereocenters. The van der Waals surface area contributed by atoms with E-state index in [1.54, 1.807) is 5.56 Å². The first-order chi connectivity index (χ1) is 9.28. The van der Waals surface area contributed by atoms with Gasteiger partial charge in [0, 0.05) is 48.8 Å². The second-order valence-electron chi connectivity index (χ2n) is 5.85. The van der Waals surface area contributed by atoms with Gasteiger partial charge >= 0.3 is 0 Å². The molecule has 3 heteroatoms. The fourth-order valence-corrected chi connectivity index (χ4v) is 4.55. The van der Waals surface area contributed by atoms with Gasteiger partial charge in [0.15, 0.2) is 0 Å². The Balaban J connectivity index is 1.64. The topological polar surface area (TPSA) is 6.48 Å². The molecular weight excluding hydrogens is 252 g/mol. The standard InChI is InChI=1S/C16H24N2S/c1-3-14-11-18(9-8-17(14)2)10-13-12-19-16-7-5-4-6-15(13)16/h4-7,13-14H,3,8-12H2,1-2H3. The SMILES string of the molecule is CCC1CN(CC2CSc3ccccc32)CCN1C. The second-order valence-corrected chi connectivity index (χ2v) is 6.91. The number of hydrogen-bond acceptors (Lipinski definition) is 3. The molecule has 0 amide bonds. The number of piperazine rings is 1. The van der Waals surface area contributed by atoms with Crippen molar-refractivity contribution in [2.45, 2.75) is 30.2 Å². The van der Waals surface area contributed by atoms with Gasteiger partial charge in [0.05, 0.1) is 0 Å². The van der Waals surface area contributed by atoms with Crippen LogP contribution >= 0.6 is 11.8 Å². The molecule has 104 valence electrons. The highest BCUT2D eigenvalue weighted by Gasteiger charge is 2.28. The van der Waals surface area contributed by atoms with Gasteiger partial charge < -0.3 is 4.90 Å². The molecule has 1 aromatic rings. The van der Waals surface area contributed by atoms with Gasteiger partial charge in [-0.3, -0.25) is 4.90 Å². The van der Waals surface area contributed by atoms with E-state index in [1.807, 2.05) is 11.8 Å². The van der Waals surface area contributed by atoms with Crippen molar-refractivity contribution < 1.29 is 0 Å². The Morgan fingerprint density at radius 2 is 2.11 bits per heavy atom. The molecule has 19 heavy (non-hydrogen) atoms. The van der Waals surface area contributed by atoms with Crippen LogP contribution in [0.25, 0.3) is 0 Å². The van der Waals surface area contributed by atoms with Crippen molar-refractivity contribution in [2.75, 3.05) is 39.0 Å². The minimum atomic E-state index is 0.738. The number of rotatable bonds is 3. The van der Waals surface area contributed by atoms with E-state index >= 15 is 0 Å². The van der Waals surface area contributed by atoms with Crippen molar-refractivity contribution in [3.63, 3.8) is 0 Å². The molecule has 1 aromatic carbocycles. The lowest BCUT2D eigenvalue weighted by Crippen LogP contribution is -2.51. The number of likely N-dealkylation sites (N-methyl/N-ethyl adjacent to an activating group) is 1. The van der Waals surface area contributed by atoms with Gasteiger partial charge in [0.1, 0.15) is 0 Å². The van der Waals surface area contributed by atoms with E-state index in [0.29, 0.717) is 0 Å². The lowest BCUT2D eigenvalue weighted by molar-refractivity contribution is 0.0902. The predicted molar refractivity (Wildman–Crippen MR) is 83.1 cm³/mol. The van der Waals surface area contributed by atoms with E-state index in [0.717, 1.165) is 12.0 Å². The van der Waals surface area contributed by atoms with Crippen LogP contribution in [0, 0.1) is 0 Å². The average molecular weight is 276 g/mol. The van der Waals surface area contributed by atoms with E-state index in [4.69, 9.17) is 0 Å². The fourth-order valence-electron chi connectivity index (χ4n) is 3.31. The van der Waals surface area contributed by atoms with Crippen molar-refractivity contribution in [1.29, 1.82) is 0 Å². The number of fused-ring (bicyclic) bond motifs is 1. The number of thioether (sulfide) groups is 1. The van der Waals surface area contributed by atoms with Gasteiger partial charge in [-0.05, 0) is 25.1 Å². The normalized spacial score (nSPS) is 28.5. The van der Waals surface area contributed by atoms with Gasteiger partial charge in [-0.15, -0.1) is 11.8 Å². The first kappa shape index (κ1) is 13.5. The maximum atomic E-state index is 2.68. The molecule has 1 saturated heterocycles. The molecule has 0 spiro atoms. The minimum Gasteiger partial charge on any atom is -0.301 e. The molecule has 0 saturated carbocycles. The van der Waals surface area contributed by atoms with Crippen molar-refractivity contribution in [3.05, 3.63) is 29.8 Å². The third-order valence-corrected chi connectivity index (χ3v) is 5.86. The first-order valence-electron chi connectivity index (χ1n) is 7.42. The molecule has 0 radical (unpaired) electrons. The number of hydrogen-bond donors (Lipinski definition) is 0. The monoisotopic (exact) mass is 276 g/mol. The Hall–Kier alpha value is -0.510. The van der Waals surface area contributed by atoms with Gasteiger partial charge in [-0.1, -0.05) is 25.1 Å². The molecule has 3 rings (SSSR count). The summed E-state index contributed by atoms with van der Waals surface area (Å²) in [6.07, 6.45) is 1.27. The van der Waals surface area contributed by atoms with Crippen LogP contribution in [0.5, 0.6) is 0 Å². The van der Waals surface area contributed by atoms with Crippen LogP contribution < -0.4 is 0 Å². The van der Waals surface area contributed by atoms with E-state index in [-0.39, 0.29) is 0 Å². The van der Waals surface area contributed by atoms with E-state index < -0.39 is 0 Å². The summed E-state index contributed by atoms with van der Waals surface area (Å²) in [6, 6.07) is 9.71. The third-order valence-electron chi connectivity index (χ3n) is 4.61. The van der Waals surface area contributed by atoms with E-state index in [1.165, 1.54) is 43.2 Å². The van der Waals surface area contributed by atoms with Crippen LogP contribution in [0.4, 0.5) is 0 Å². The first-order valence-corrected chi connectivity index (χ1v) is 8.40. The Kier molecular flexibility index (Phi) is 4.15. The highest BCUT2D eigenvalue weighted by atomic mass is 32.2. The van der Waals surface area contributed by atoms with Crippen LogP contribution in [0.1, 0.15) is 24.8 Å². The molecule has 2 aliphatic heterocycles. The molecule has 0 bridgehead atoms. The summed E-state index contributed by atoms with van der Waals surface area (Å²) < 4.78 is 0. The lowest BCUT2D eigenvalue weighted by Gasteiger charge is -2.40. The zero-order chi connectivity index (χ0) is 13.2. The summed E-state index contributed by atoms with van der Waals surface area (Å²) in [4.78, 5) is 6.71. The Bertz CT molecular complexity index is 435. The zero-order valence-corrected chi connectivity index (χ0v) is 12.8. The Morgan fingerprint density at radius 1 is 1.26 bits per heavy atom. The quantitative estimate of drug-likeness (QED) is 0.838. The molecule has 0 aliphatic carbocycles. The highest BCUT2D eigenvalue weighted by Crippen LogP contribution is 2.39. The van der Waals surface area contributed by atoms with Gasteiger partial charge in [-0.2, -0.15) is 0 Å². The summed E-state index contributed by atoms with van der Waals surface area (Å²) in [5, 5.41) is 0. The van der Waals surface area contributed by atoms with Crippen molar-refractivity contribution in [1.82, 2.24) is 9.80 Å². The third kappa shape index (κ3) is 2.83. The summed E-state index contributed by atoms with van der Waals surface area (Å²) in [6.45, 7) is 7.26. The predicted octanol–water partition coefficient (Wildman–Crippen LogP) is 2.90. The van der Waals surface area contributed by atoms with Crippen molar-refractivity contribution in [2.24, 2.45) is 0 Å². The van der Waals surface area contributed by atoms with Crippen molar-refractivity contribution >= 4 is 11.8 Å². The summed E-state index contributed by atoms with van der Waals surface area (Å²) in [5.41, 5.74) is 1.58.